The normalized spacial score (nSPS) is 31.9. The van der Waals surface area contributed by atoms with E-state index in [0.29, 0.717) is 30.6 Å². The largest absolute Gasteiger partial charge is 0.353 e. The minimum absolute atomic E-state index is 0.122. The molecule has 26 heavy (non-hydrogen) atoms. The van der Waals surface area contributed by atoms with Gasteiger partial charge in [0.1, 0.15) is 0 Å². The second kappa shape index (κ2) is 6.53. The lowest BCUT2D eigenvalue weighted by Crippen LogP contribution is -2.42. The molecule has 136 valence electrons. The zero-order valence-corrected chi connectivity index (χ0v) is 14.9. The molecule has 2 bridgehead atoms. The van der Waals surface area contributed by atoms with Crippen molar-refractivity contribution in [1.82, 2.24) is 15.5 Å². The Morgan fingerprint density at radius 1 is 1.12 bits per heavy atom. The summed E-state index contributed by atoms with van der Waals surface area (Å²) in [6, 6.07) is 10.2. The Bertz CT molecular complexity index is 788. The molecule has 3 fully saturated rings. The van der Waals surface area contributed by atoms with E-state index >= 15 is 0 Å². The molecule has 3 saturated carbocycles. The van der Waals surface area contributed by atoms with E-state index in [-0.39, 0.29) is 5.91 Å². The number of rotatable bonds is 5. The Balaban J connectivity index is 1.15. The molecule has 5 heteroatoms. The van der Waals surface area contributed by atoms with Gasteiger partial charge in [-0.3, -0.25) is 4.79 Å². The molecule has 0 saturated heterocycles. The molecule has 1 N–H and O–H groups in total. The lowest BCUT2D eigenvalue weighted by Gasteiger charge is -2.32. The van der Waals surface area contributed by atoms with Crippen LogP contribution in [0.2, 0.25) is 0 Å². The monoisotopic (exact) mass is 351 g/mol. The SMILES string of the molecule is O=C(CCc1nc(-c2ccccc2)no1)N[C@@H]1C[C@H]2C[C@H]1[C@H]1CCC[C@H]21. The van der Waals surface area contributed by atoms with Gasteiger partial charge in [0.2, 0.25) is 17.6 Å². The van der Waals surface area contributed by atoms with E-state index in [1.807, 2.05) is 30.3 Å². The summed E-state index contributed by atoms with van der Waals surface area (Å²) in [6.07, 6.45) is 7.64. The lowest BCUT2D eigenvalue weighted by molar-refractivity contribution is -0.122. The van der Waals surface area contributed by atoms with Crippen LogP contribution in [0.1, 0.15) is 44.4 Å². The summed E-state index contributed by atoms with van der Waals surface area (Å²) < 4.78 is 5.30. The summed E-state index contributed by atoms with van der Waals surface area (Å²) in [7, 11) is 0. The Morgan fingerprint density at radius 3 is 2.85 bits per heavy atom. The number of carbonyl (C=O) groups excluding carboxylic acids is 1. The Labute approximate surface area is 153 Å². The zero-order valence-electron chi connectivity index (χ0n) is 14.9. The van der Waals surface area contributed by atoms with Crippen molar-refractivity contribution in [2.45, 2.75) is 51.0 Å². The minimum atomic E-state index is 0.122. The van der Waals surface area contributed by atoms with Crippen LogP contribution < -0.4 is 5.32 Å². The van der Waals surface area contributed by atoms with Crippen molar-refractivity contribution in [3.8, 4) is 11.4 Å². The van der Waals surface area contributed by atoms with E-state index in [1.54, 1.807) is 0 Å². The van der Waals surface area contributed by atoms with Crippen LogP contribution in [-0.2, 0) is 11.2 Å². The maximum Gasteiger partial charge on any atom is 0.227 e. The maximum atomic E-state index is 12.4. The topological polar surface area (TPSA) is 68.0 Å². The molecule has 3 aliphatic rings. The van der Waals surface area contributed by atoms with E-state index < -0.39 is 0 Å². The van der Waals surface area contributed by atoms with Crippen molar-refractivity contribution >= 4 is 5.91 Å². The first kappa shape index (κ1) is 16.0. The molecule has 5 nitrogen and oxygen atoms in total. The molecule has 0 radical (unpaired) electrons. The van der Waals surface area contributed by atoms with Gasteiger partial charge in [-0.25, -0.2) is 0 Å². The number of amides is 1. The fourth-order valence-electron chi connectivity index (χ4n) is 5.79. The number of carbonyl (C=O) groups is 1. The molecule has 1 aromatic heterocycles. The smallest absolute Gasteiger partial charge is 0.227 e. The zero-order chi connectivity index (χ0) is 17.5. The lowest BCUT2D eigenvalue weighted by atomic mass is 9.79. The molecule has 1 aromatic carbocycles. The number of hydrogen-bond acceptors (Lipinski definition) is 4. The second-order valence-corrected chi connectivity index (χ2v) is 8.21. The number of aryl methyl sites for hydroxylation is 1. The van der Waals surface area contributed by atoms with Gasteiger partial charge in [0.25, 0.3) is 0 Å². The second-order valence-electron chi connectivity index (χ2n) is 8.21. The Hall–Kier alpha value is -2.17. The van der Waals surface area contributed by atoms with Gasteiger partial charge in [0.15, 0.2) is 0 Å². The molecule has 0 unspecified atom stereocenters. The van der Waals surface area contributed by atoms with Gasteiger partial charge >= 0.3 is 0 Å². The number of benzene rings is 1. The molecular formula is C21H25N3O2. The van der Waals surface area contributed by atoms with Gasteiger partial charge in [0.05, 0.1) is 0 Å². The van der Waals surface area contributed by atoms with Crippen LogP contribution in [-0.4, -0.2) is 22.1 Å². The van der Waals surface area contributed by atoms with Crippen LogP contribution in [0, 0.1) is 23.7 Å². The Morgan fingerprint density at radius 2 is 1.96 bits per heavy atom. The van der Waals surface area contributed by atoms with Gasteiger partial charge in [-0.2, -0.15) is 4.98 Å². The van der Waals surface area contributed by atoms with Crippen molar-refractivity contribution in [3.05, 3.63) is 36.2 Å². The summed E-state index contributed by atoms with van der Waals surface area (Å²) in [5.41, 5.74) is 0.931. The summed E-state index contributed by atoms with van der Waals surface area (Å²) in [5, 5.41) is 7.32. The predicted octanol–water partition coefficient (Wildman–Crippen LogP) is 3.61. The van der Waals surface area contributed by atoms with Crippen LogP contribution in [0.4, 0.5) is 0 Å². The van der Waals surface area contributed by atoms with E-state index in [2.05, 4.69) is 15.5 Å². The number of nitrogens with one attached hydrogen (secondary N) is 1. The van der Waals surface area contributed by atoms with Gasteiger partial charge < -0.3 is 9.84 Å². The molecule has 1 heterocycles. The van der Waals surface area contributed by atoms with E-state index in [0.717, 1.165) is 29.2 Å². The van der Waals surface area contributed by atoms with Crippen molar-refractivity contribution in [2.24, 2.45) is 23.7 Å². The van der Waals surface area contributed by atoms with Crippen molar-refractivity contribution in [1.29, 1.82) is 0 Å². The minimum Gasteiger partial charge on any atom is -0.353 e. The number of fused-ring (bicyclic) bond motifs is 5. The summed E-state index contributed by atoms with van der Waals surface area (Å²) >= 11 is 0. The third-order valence-corrected chi connectivity index (χ3v) is 6.84. The van der Waals surface area contributed by atoms with Crippen molar-refractivity contribution < 1.29 is 9.32 Å². The maximum absolute atomic E-state index is 12.4. The number of hydrogen-bond donors (Lipinski definition) is 1. The quantitative estimate of drug-likeness (QED) is 0.893. The molecule has 0 spiro atoms. The van der Waals surface area contributed by atoms with E-state index in [1.165, 1.54) is 32.1 Å². The summed E-state index contributed by atoms with van der Waals surface area (Å²) in [4.78, 5) is 16.8. The molecule has 1 amide bonds. The van der Waals surface area contributed by atoms with Crippen LogP contribution in [0.15, 0.2) is 34.9 Å². The molecule has 5 atom stereocenters. The predicted molar refractivity (Wildman–Crippen MR) is 97.0 cm³/mol. The van der Waals surface area contributed by atoms with Gasteiger partial charge in [-0.1, -0.05) is 41.9 Å². The highest BCUT2D eigenvalue weighted by Gasteiger charge is 2.53. The highest BCUT2D eigenvalue weighted by atomic mass is 16.5. The van der Waals surface area contributed by atoms with Crippen LogP contribution >= 0.6 is 0 Å². The number of aromatic nitrogens is 2. The van der Waals surface area contributed by atoms with Gasteiger partial charge in [0, 0.05) is 24.4 Å². The Kier molecular flexibility index (Phi) is 4.03. The molecule has 5 rings (SSSR count). The fourth-order valence-corrected chi connectivity index (χ4v) is 5.79. The summed E-state index contributed by atoms with van der Waals surface area (Å²) in [6.45, 7) is 0. The van der Waals surface area contributed by atoms with Crippen LogP contribution in [0.3, 0.4) is 0 Å². The molecule has 0 aliphatic heterocycles. The third-order valence-electron chi connectivity index (χ3n) is 6.84. The fraction of sp³-hybridized carbons (Fsp3) is 0.571. The number of nitrogens with zero attached hydrogens (tertiary/aromatic N) is 2. The average Bonchev–Trinajstić information content (AvgIpc) is 3.42. The highest BCUT2D eigenvalue weighted by Crippen LogP contribution is 2.58. The first-order valence-corrected chi connectivity index (χ1v) is 9.95. The first-order chi connectivity index (χ1) is 12.8. The van der Waals surface area contributed by atoms with Gasteiger partial charge in [-0.15, -0.1) is 0 Å². The molecule has 3 aliphatic carbocycles. The standard InChI is InChI=1S/C21H25N3O2/c25-19(22-18-12-14-11-17(18)16-8-4-7-15(14)16)9-10-20-23-21(24-26-20)13-5-2-1-3-6-13/h1-3,5-6,14-18H,4,7-12H2,(H,22,25)/t14-,15-,16+,17+,18-/m1/s1. The van der Waals surface area contributed by atoms with Crippen molar-refractivity contribution in [3.63, 3.8) is 0 Å². The van der Waals surface area contributed by atoms with Crippen LogP contribution in [0.25, 0.3) is 11.4 Å². The van der Waals surface area contributed by atoms with E-state index in [4.69, 9.17) is 4.52 Å². The highest BCUT2D eigenvalue weighted by molar-refractivity contribution is 5.76. The van der Waals surface area contributed by atoms with Crippen molar-refractivity contribution in [2.75, 3.05) is 0 Å². The first-order valence-electron chi connectivity index (χ1n) is 9.95. The third kappa shape index (κ3) is 2.83. The average molecular weight is 351 g/mol. The molecule has 2 aromatic rings. The van der Waals surface area contributed by atoms with Gasteiger partial charge in [-0.05, 0) is 49.4 Å². The van der Waals surface area contributed by atoms with Crippen LogP contribution in [0.5, 0.6) is 0 Å². The summed E-state index contributed by atoms with van der Waals surface area (Å²) in [5.74, 6) is 4.67. The van der Waals surface area contributed by atoms with E-state index in [9.17, 15) is 4.79 Å². The molecular weight excluding hydrogens is 326 g/mol.